The zero-order chi connectivity index (χ0) is 24.7. The molecule has 0 aliphatic rings. The van der Waals surface area contributed by atoms with E-state index in [0.717, 1.165) is 26.7 Å². The van der Waals surface area contributed by atoms with Crippen LogP contribution < -0.4 is 19.1 Å². The van der Waals surface area contributed by atoms with Gasteiger partial charge < -0.3 is 14.8 Å². The SMILES string of the molecule is COc1ccc(CCNC(=O)CN(c2ccc(C)cc2)S(=O)(=O)c2cc(C)ccc2OC)cc1. The van der Waals surface area contributed by atoms with Gasteiger partial charge in [0.05, 0.1) is 19.9 Å². The van der Waals surface area contributed by atoms with E-state index in [2.05, 4.69) is 5.32 Å². The molecule has 3 rings (SSSR count). The maximum atomic E-state index is 13.7. The van der Waals surface area contributed by atoms with Crippen molar-refractivity contribution in [3.05, 3.63) is 83.4 Å². The van der Waals surface area contributed by atoms with Gasteiger partial charge in [-0.2, -0.15) is 0 Å². The molecule has 3 aromatic carbocycles. The standard InChI is InChI=1S/C26H30N2O5S/c1-19-5-10-22(11-6-19)28(34(30,31)25-17-20(2)7-14-24(25)33-4)18-26(29)27-16-15-21-8-12-23(32-3)13-9-21/h5-14,17H,15-16,18H2,1-4H3,(H,27,29). The molecule has 0 bridgehead atoms. The highest BCUT2D eigenvalue weighted by Crippen LogP contribution is 2.31. The van der Waals surface area contributed by atoms with Gasteiger partial charge in [-0.05, 0) is 67.8 Å². The van der Waals surface area contributed by atoms with Crippen LogP contribution in [-0.4, -0.2) is 41.6 Å². The van der Waals surface area contributed by atoms with Crippen molar-refractivity contribution in [3.8, 4) is 11.5 Å². The Balaban J connectivity index is 1.81. The normalized spacial score (nSPS) is 11.1. The summed E-state index contributed by atoms with van der Waals surface area (Å²) in [5.74, 6) is 0.588. The van der Waals surface area contributed by atoms with E-state index in [1.807, 2.05) is 43.3 Å². The Morgan fingerprint density at radius 2 is 1.53 bits per heavy atom. The van der Waals surface area contributed by atoms with Gasteiger partial charge in [-0.3, -0.25) is 9.10 Å². The molecule has 0 aliphatic carbocycles. The van der Waals surface area contributed by atoms with Gasteiger partial charge in [0.15, 0.2) is 0 Å². The molecule has 180 valence electrons. The molecule has 1 N–H and O–H groups in total. The second kappa shape index (κ2) is 11.1. The smallest absolute Gasteiger partial charge is 0.268 e. The van der Waals surface area contributed by atoms with Crippen LogP contribution in [-0.2, 0) is 21.2 Å². The van der Waals surface area contributed by atoms with E-state index >= 15 is 0 Å². The zero-order valence-electron chi connectivity index (χ0n) is 19.9. The Hall–Kier alpha value is -3.52. The molecule has 0 aromatic heterocycles. The monoisotopic (exact) mass is 482 g/mol. The molecular formula is C26H30N2O5S. The van der Waals surface area contributed by atoms with Crippen LogP contribution in [0.3, 0.4) is 0 Å². The second-order valence-electron chi connectivity index (χ2n) is 7.95. The van der Waals surface area contributed by atoms with Gasteiger partial charge in [0.2, 0.25) is 5.91 Å². The van der Waals surface area contributed by atoms with Gasteiger partial charge in [0.25, 0.3) is 10.0 Å². The van der Waals surface area contributed by atoms with Crippen molar-refractivity contribution >= 4 is 21.6 Å². The number of carbonyl (C=O) groups excluding carboxylic acids is 1. The molecule has 0 unspecified atom stereocenters. The number of benzene rings is 3. The number of carbonyl (C=O) groups is 1. The third-order valence-electron chi connectivity index (χ3n) is 5.39. The average Bonchev–Trinajstić information content (AvgIpc) is 2.83. The van der Waals surface area contributed by atoms with Gasteiger partial charge in [0, 0.05) is 6.54 Å². The Labute approximate surface area is 201 Å². The Bertz CT molecular complexity index is 1220. The highest BCUT2D eigenvalue weighted by Gasteiger charge is 2.30. The lowest BCUT2D eigenvalue weighted by atomic mass is 10.1. The highest BCUT2D eigenvalue weighted by molar-refractivity contribution is 7.93. The first-order chi connectivity index (χ1) is 16.2. The number of nitrogens with one attached hydrogen (secondary N) is 1. The van der Waals surface area contributed by atoms with Gasteiger partial charge >= 0.3 is 0 Å². The molecule has 3 aromatic rings. The van der Waals surface area contributed by atoms with Gasteiger partial charge in [0.1, 0.15) is 22.9 Å². The summed E-state index contributed by atoms with van der Waals surface area (Å²) in [4.78, 5) is 12.8. The first kappa shape index (κ1) is 25.1. The molecule has 0 heterocycles. The Morgan fingerprint density at radius 3 is 2.15 bits per heavy atom. The molecular weight excluding hydrogens is 452 g/mol. The first-order valence-corrected chi connectivity index (χ1v) is 12.3. The van der Waals surface area contributed by atoms with Crippen LogP contribution in [0.4, 0.5) is 5.69 Å². The van der Waals surface area contributed by atoms with E-state index in [0.29, 0.717) is 18.7 Å². The van der Waals surface area contributed by atoms with E-state index in [1.165, 1.54) is 7.11 Å². The van der Waals surface area contributed by atoms with Crippen LogP contribution in [0, 0.1) is 13.8 Å². The molecule has 8 heteroatoms. The topological polar surface area (TPSA) is 84.9 Å². The molecule has 34 heavy (non-hydrogen) atoms. The molecule has 0 spiro atoms. The third-order valence-corrected chi connectivity index (χ3v) is 7.19. The van der Waals surface area contributed by atoms with Crippen molar-refractivity contribution in [2.75, 3.05) is 31.6 Å². The summed E-state index contributed by atoms with van der Waals surface area (Å²) in [7, 11) is -1.05. The van der Waals surface area contributed by atoms with Crippen molar-refractivity contribution in [2.24, 2.45) is 0 Å². The summed E-state index contributed by atoms with van der Waals surface area (Å²) in [5, 5.41) is 2.83. The van der Waals surface area contributed by atoms with Crippen molar-refractivity contribution in [3.63, 3.8) is 0 Å². The largest absolute Gasteiger partial charge is 0.497 e. The Morgan fingerprint density at radius 1 is 0.882 bits per heavy atom. The second-order valence-corrected chi connectivity index (χ2v) is 9.78. The van der Waals surface area contributed by atoms with E-state index in [-0.39, 0.29) is 17.2 Å². The fourth-order valence-corrected chi connectivity index (χ4v) is 5.12. The van der Waals surface area contributed by atoms with Crippen LogP contribution in [0.5, 0.6) is 11.5 Å². The summed E-state index contributed by atoms with van der Waals surface area (Å²) in [6, 6.07) is 19.5. The van der Waals surface area contributed by atoms with Crippen molar-refractivity contribution in [2.45, 2.75) is 25.2 Å². The number of aryl methyl sites for hydroxylation is 2. The van der Waals surface area contributed by atoms with Crippen molar-refractivity contribution < 1.29 is 22.7 Å². The molecule has 7 nitrogen and oxygen atoms in total. The van der Waals surface area contributed by atoms with Gasteiger partial charge in [-0.15, -0.1) is 0 Å². The zero-order valence-corrected chi connectivity index (χ0v) is 20.7. The molecule has 1 amide bonds. The lowest BCUT2D eigenvalue weighted by Gasteiger charge is -2.25. The lowest BCUT2D eigenvalue weighted by Crippen LogP contribution is -2.41. The summed E-state index contributed by atoms with van der Waals surface area (Å²) >= 11 is 0. The molecule has 0 saturated heterocycles. The van der Waals surface area contributed by atoms with Gasteiger partial charge in [-0.1, -0.05) is 35.9 Å². The van der Waals surface area contributed by atoms with E-state index < -0.39 is 15.9 Å². The Kier molecular flexibility index (Phi) is 8.17. The predicted octanol–water partition coefficient (Wildman–Crippen LogP) is 3.87. The fraction of sp³-hybridized carbons (Fsp3) is 0.269. The number of anilines is 1. The summed E-state index contributed by atoms with van der Waals surface area (Å²) < 4.78 is 39.0. The highest BCUT2D eigenvalue weighted by atomic mass is 32.2. The molecule has 0 fully saturated rings. The molecule has 0 radical (unpaired) electrons. The van der Waals surface area contributed by atoms with E-state index in [1.54, 1.807) is 44.4 Å². The number of nitrogens with zero attached hydrogens (tertiary/aromatic N) is 1. The molecule has 0 atom stereocenters. The molecule has 0 saturated carbocycles. The number of rotatable bonds is 10. The van der Waals surface area contributed by atoms with Crippen LogP contribution in [0.2, 0.25) is 0 Å². The number of sulfonamides is 1. The number of hydrogen-bond donors (Lipinski definition) is 1. The summed E-state index contributed by atoms with van der Waals surface area (Å²) in [6.07, 6.45) is 0.610. The van der Waals surface area contributed by atoms with Crippen LogP contribution in [0.1, 0.15) is 16.7 Å². The molecule has 0 aliphatic heterocycles. The number of methoxy groups -OCH3 is 2. The number of amides is 1. The van der Waals surface area contributed by atoms with E-state index in [4.69, 9.17) is 9.47 Å². The quantitative estimate of drug-likeness (QED) is 0.474. The minimum Gasteiger partial charge on any atom is -0.497 e. The maximum Gasteiger partial charge on any atom is 0.268 e. The summed E-state index contributed by atoms with van der Waals surface area (Å²) in [5.41, 5.74) is 3.19. The fourth-order valence-electron chi connectivity index (χ4n) is 3.46. The third kappa shape index (κ3) is 6.08. The van der Waals surface area contributed by atoms with Gasteiger partial charge in [-0.25, -0.2) is 8.42 Å². The summed E-state index contributed by atoms with van der Waals surface area (Å²) in [6.45, 7) is 3.74. The first-order valence-electron chi connectivity index (χ1n) is 10.9. The predicted molar refractivity (Wildman–Crippen MR) is 133 cm³/mol. The number of hydrogen-bond acceptors (Lipinski definition) is 5. The lowest BCUT2D eigenvalue weighted by molar-refractivity contribution is -0.119. The van der Waals surface area contributed by atoms with Crippen molar-refractivity contribution in [1.29, 1.82) is 0 Å². The average molecular weight is 483 g/mol. The minimum atomic E-state index is -4.08. The number of ether oxygens (including phenoxy) is 2. The van der Waals surface area contributed by atoms with Crippen molar-refractivity contribution in [1.82, 2.24) is 5.32 Å². The minimum absolute atomic E-state index is 0.0154. The van der Waals surface area contributed by atoms with Crippen LogP contribution >= 0.6 is 0 Å². The van der Waals surface area contributed by atoms with Crippen LogP contribution in [0.15, 0.2) is 71.6 Å². The maximum absolute atomic E-state index is 13.7. The van der Waals surface area contributed by atoms with Crippen LogP contribution in [0.25, 0.3) is 0 Å². The van der Waals surface area contributed by atoms with E-state index in [9.17, 15) is 13.2 Å².